The van der Waals surface area contributed by atoms with Crippen molar-refractivity contribution in [3.05, 3.63) is 54.2 Å². The molecule has 0 aliphatic carbocycles. The SMILES string of the molecule is COC(O)CNc1c(-c2cccc(F)c2)nc2ccc(F)cn12. The maximum absolute atomic E-state index is 13.5. The summed E-state index contributed by atoms with van der Waals surface area (Å²) in [6, 6.07) is 8.78. The molecule has 0 fully saturated rings. The molecular weight excluding hydrogens is 304 g/mol. The number of nitrogens with zero attached hydrogens (tertiary/aromatic N) is 2. The summed E-state index contributed by atoms with van der Waals surface area (Å²) in [7, 11) is 1.37. The van der Waals surface area contributed by atoms with Gasteiger partial charge in [0, 0.05) is 18.9 Å². The van der Waals surface area contributed by atoms with E-state index in [0.717, 1.165) is 0 Å². The highest BCUT2D eigenvalue weighted by Crippen LogP contribution is 2.29. The Labute approximate surface area is 131 Å². The van der Waals surface area contributed by atoms with Crippen molar-refractivity contribution in [2.75, 3.05) is 19.0 Å². The molecule has 0 bridgehead atoms. The van der Waals surface area contributed by atoms with E-state index in [1.807, 2.05) is 0 Å². The van der Waals surface area contributed by atoms with Gasteiger partial charge in [-0.25, -0.2) is 13.8 Å². The highest BCUT2D eigenvalue weighted by molar-refractivity contribution is 5.76. The van der Waals surface area contributed by atoms with Crippen LogP contribution in [0.25, 0.3) is 16.9 Å². The number of hydrogen-bond acceptors (Lipinski definition) is 4. The van der Waals surface area contributed by atoms with E-state index in [1.54, 1.807) is 12.1 Å². The summed E-state index contributed by atoms with van der Waals surface area (Å²) in [5.41, 5.74) is 1.50. The molecule has 0 spiro atoms. The Bertz CT molecular complexity index is 835. The van der Waals surface area contributed by atoms with Crippen LogP contribution in [0.3, 0.4) is 0 Å². The van der Waals surface area contributed by atoms with E-state index >= 15 is 0 Å². The fourth-order valence-electron chi connectivity index (χ4n) is 2.29. The number of imidazole rings is 1. The minimum Gasteiger partial charge on any atom is -0.366 e. The summed E-state index contributed by atoms with van der Waals surface area (Å²) in [5, 5.41) is 12.5. The number of nitrogens with one attached hydrogen (secondary N) is 1. The van der Waals surface area contributed by atoms with Gasteiger partial charge in [0.05, 0.1) is 6.54 Å². The van der Waals surface area contributed by atoms with Gasteiger partial charge in [-0.05, 0) is 24.3 Å². The Hall–Kier alpha value is -2.51. The smallest absolute Gasteiger partial charge is 0.171 e. The third-order valence-electron chi connectivity index (χ3n) is 3.40. The number of pyridine rings is 1. The molecule has 2 heterocycles. The molecule has 120 valence electrons. The molecule has 0 saturated heterocycles. The van der Waals surface area contributed by atoms with Crippen molar-refractivity contribution in [2.45, 2.75) is 6.29 Å². The average Bonchev–Trinajstić information content (AvgIpc) is 2.90. The molecule has 2 N–H and O–H groups in total. The number of ether oxygens (including phenoxy) is 1. The fourth-order valence-corrected chi connectivity index (χ4v) is 2.29. The molecule has 0 saturated carbocycles. The molecule has 0 aliphatic heterocycles. The zero-order valence-electron chi connectivity index (χ0n) is 12.3. The van der Waals surface area contributed by atoms with Crippen molar-refractivity contribution in [2.24, 2.45) is 0 Å². The zero-order chi connectivity index (χ0) is 16.4. The quantitative estimate of drug-likeness (QED) is 0.710. The maximum Gasteiger partial charge on any atom is 0.171 e. The number of halogens is 2. The van der Waals surface area contributed by atoms with Crippen LogP contribution in [0.15, 0.2) is 42.6 Å². The number of aliphatic hydroxyl groups is 1. The van der Waals surface area contributed by atoms with Crippen molar-refractivity contribution in [3.63, 3.8) is 0 Å². The first-order valence-corrected chi connectivity index (χ1v) is 6.97. The zero-order valence-corrected chi connectivity index (χ0v) is 12.3. The molecule has 3 aromatic rings. The van der Waals surface area contributed by atoms with Gasteiger partial charge in [-0.3, -0.25) is 4.40 Å². The van der Waals surface area contributed by atoms with Crippen molar-refractivity contribution < 1.29 is 18.6 Å². The maximum atomic E-state index is 13.5. The van der Waals surface area contributed by atoms with Crippen LogP contribution >= 0.6 is 0 Å². The lowest BCUT2D eigenvalue weighted by atomic mass is 10.1. The minimum absolute atomic E-state index is 0.0725. The molecule has 5 nitrogen and oxygen atoms in total. The van der Waals surface area contributed by atoms with Gasteiger partial charge in [0.2, 0.25) is 0 Å². The number of anilines is 1. The van der Waals surface area contributed by atoms with Crippen LogP contribution in [0.5, 0.6) is 0 Å². The van der Waals surface area contributed by atoms with Crippen LogP contribution in [0, 0.1) is 11.6 Å². The van der Waals surface area contributed by atoms with E-state index in [2.05, 4.69) is 10.3 Å². The fraction of sp³-hybridized carbons (Fsp3) is 0.188. The van der Waals surface area contributed by atoms with Crippen LogP contribution in [-0.4, -0.2) is 34.4 Å². The molecule has 1 unspecified atom stereocenters. The second-order valence-corrected chi connectivity index (χ2v) is 4.97. The third-order valence-corrected chi connectivity index (χ3v) is 3.40. The lowest BCUT2D eigenvalue weighted by Crippen LogP contribution is -2.21. The van der Waals surface area contributed by atoms with Gasteiger partial charge in [0.25, 0.3) is 0 Å². The van der Waals surface area contributed by atoms with E-state index < -0.39 is 17.9 Å². The van der Waals surface area contributed by atoms with Gasteiger partial charge < -0.3 is 15.2 Å². The van der Waals surface area contributed by atoms with E-state index in [1.165, 1.54) is 42.0 Å². The van der Waals surface area contributed by atoms with E-state index in [9.17, 15) is 13.9 Å². The summed E-state index contributed by atoms with van der Waals surface area (Å²) >= 11 is 0. The lowest BCUT2D eigenvalue weighted by molar-refractivity contribution is -0.0625. The van der Waals surface area contributed by atoms with Gasteiger partial charge in [-0.15, -0.1) is 0 Å². The Balaban J connectivity index is 2.12. The molecular formula is C16H15F2N3O2. The highest BCUT2D eigenvalue weighted by atomic mass is 19.1. The monoisotopic (exact) mass is 319 g/mol. The van der Waals surface area contributed by atoms with Crippen LogP contribution in [0.4, 0.5) is 14.6 Å². The Kier molecular flexibility index (Phi) is 4.22. The normalized spacial score (nSPS) is 12.5. The topological polar surface area (TPSA) is 58.8 Å². The standard InChI is InChI=1S/C16H15F2N3O2/c1-23-14(22)8-19-16-15(10-3-2-4-11(17)7-10)20-13-6-5-12(18)9-21(13)16/h2-7,9,14,19,22H,8H2,1H3. The Morgan fingerprint density at radius 1 is 1.26 bits per heavy atom. The first kappa shape index (κ1) is 15.4. The van der Waals surface area contributed by atoms with Crippen LogP contribution < -0.4 is 5.32 Å². The molecule has 23 heavy (non-hydrogen) atoms. The first-order chi connectivity index (χ1) is 11.1. The summed E-state index contributed by atoms with van der Waals surface area (Å²) in [4.78, 5) is 4.41. The average molecular weight is 319 g/mol. The Morgan fingerprint density at radius 2 is 2.09 bits per heavy atom. The van der Waals surface area contributed by atoms with Crippen LogP contribution in [0.2, 0.25) is 0 Å². The molecule has 0 amide bonds. The molecule has 2 aromatic heterocycles. The van der Waals surface area contributed by atoms with Crippen molar-refractivity contribution in [1.82, 2.24) is 9.38 Å². The van der Waals surface area contributed by atoms with Crippen molar-refractivity contribution in [1.29, 1.82) is 0 Å². The molecule has 0 aliphatic rings. The first-order valence-electron chi connectivity index (χ1n) is 6.97. The largest absolute Gasteiger partial charge is 0.366 e. The van der Waals surface area contributed by atoms with Crippen molar-refractivity contribution in [3.8, 4) is 11.3 Å². The summed E-state index contributed by atoms with van der Waals surface area (Å²) in [6.07, 6.45) is 0.238. The van der Waals surface area contributed by atoms with Gasteiger partial charge in [-0.1, -0.05) is 12.1 Å². The van der Waals surface area contributed by atoms with E-state index in [4.69, 9.17) is 4.74 Å². The summed E-state index contributed by atoms with van der Waals surface area (Å²) in [5.74, 6) is -0.383. The van der Waals surface area contributed by atoms with Crippen LogP contribution in [0.1, 0.15) is 0 Å². The second-order valence-electron chi connectivity index (χ2n) is 4.97. The number of rotatable bonds is 5. The minimum atomic E-state index is -1.03. The number of methoxy groups -OCH3 is 1. The summed E-state index contributed by atoms with van der Waals surface area (Å²) < 4.78 is 33.3. The van der Waals surface area contributed by atoms with E-state index in [0.29, 0.717) is 22.7 Å². The molecule has 1 atom stereocenters. The molecule has 0 radical (unpaired) electrons. The number of aromatic nitrogens is 2. The molecule has 1 aromatic carbocycles. The second kappa shape index (κ2) is 6.31. The number of benzene rings is 1. The summed E-state index contributed by atoms with van der Waals surface area (Å²) in [6.45, 7) is 0.0725. The van der Waals surface area contributed by atoms with E-state index in [-0.39, 0.29) is 6.54 Å². The molecule has 7 heteroatoms. The van der Waals surface area contributed by atoms with Gasteiger partial charge >= 0.3 is 0 Å². The van der Waals surface area contributed by atoms with Gasteiger partial charge in [-0.2, -0.15) is 0 Å². The number of fused-ring (bicyclic) bond motifs is 1. The molecule has 3 rings (SSSR count). The predicted molar refractivity (Wildman–Crippen MR) is 82.0 cm³/mol. The Morgan fingerprint density at radius 3 is 2.83 bits per heavy atom. The van der Waals surface area contributed by atoms with Crippen molar-refractivity contribution >= 4 is 11.5 Å². The number of aliphatic hydroxyl groups excluding tert-OH is 1. The highest BCUT2D eigenvalue weighted by Gasteiger charge is 2.16. The number of hydrogen-bond donors (Lipinski definition) is 2. The van der Waals surface area contributed by atoms with Crippen LogP contribution in [-0.2, 0) is 4.74 Å². The third kappa shape index (κ3) is 3.15. The van der Waals surface area contributed by atoms with Gasteiger partial charge in [0.1, 0.15) is 28.8 Å². The van der Waals surface area contributed by atoms with Gasteiger partial charge in [0.15, 0.2) is 6.29 Å². The lowest BCUT2D eigenvalue weighted by Gasteiger charge is -2.12. The predicted octanol–water partition coefficient (Wildman–Crippen LogP) is 2.66.